The van der Waals surface area contributed by atoms with Crippen molar-refractivity contribution in [2.75, 3.05) is 0 Å². The SMILES string of the molecule is N/C(=N/O)c1cccn(Cc2cc(F)cc(Br)c2)c1=O. The molecule has 0 bridgehead atoms. The first kappa shape index (κ1) is 14.3. The Balaban J connectivity index is 2.42. The molecule has 0 saturated heterocycles. The van der Waals surface area contributed by atoms with Crippen LogP contribution in [0.15, 0.2) is 51.0 Å². The molecule has 1 aromatic carbocycles. The Morgan fingerprint density at radius 1 is 1.45 bits per heavy atom. The highest BCUT2D eigenvalue weighted by atomic mass is 79.9. The zero-order chi connectivity index (χ0) is 14.7. The molecule has 104 valence electrons. The first-order valence-corrected chi connectivity index (χ1v) is 6.43. The second-order valence-corrected chi connectivity index (χ2v) is 5.03. The van der Waals surface area contributed by atoms with E-state index in [9.17, 15) is 9.18 Å². The molecular formula is C13H11BrFN3O2. The summed E-state index contributed by atoms with van der Waals surface area (Å²) in [6.45, 7) is 0.182. The summed E-state index contributed by atoms with van der Waals surface area (Å²) < 4.78 is 15.3. The Hall–Kier alpha value is -2.15. The fourth-order valence-corrected chi connectivity index (χ4v) is 2.32. The van der Waals surface area contributed by atoms with Crippen LogP contribution < -0.4 is 11.3 Å². The second-order valence-electron chi connectivity index (χ2n) is 4.12. The van der Waals surface area contributed by atoms with Crippen molar-refractivity contribution < 1.29 is 9.60 Å². The summed E-state index contributed by atoms with van der Waals surface area (Å²) in [5.74, 6) is -0.653. The Morgan fingerprint density at radius 2 is 2.20 bits per heavy atom. The van der Waals surface area contributed by atoms with Gasteiger partial charge in [-0.2, -0.15) is 0 Å². The van der Waals surface area contributed by atoms with Crippen molar-refractivity contribution in [1.29, 1.82) is 0 Å². The van der Waals surface area contributed by atoms with Crippen LogP contribution in [0.5, 0.6) is 0 Å². The summed E-state index contributed by atoms with van der Waals surface area (Å²) in [6, 6.07) is 7.44. The number of halogens is 2. The standard InChI is InChI=1S/C13H11BrFN3O2/c14-9-4-8(5-10(15)6-9)7-18-3-1-2-11(13(18)19)12(16)17-20/h1-6,20H,7H2,(H2,16,17). The number of pyridine rings is 1. The Kier molecular flexibility index (Phi) is 4.19. The van der Waals surface area contributed by atoms with E-state index in [0.717, 1.165) is 0 Å². The minimum Gasteiger partial charge on any atom is -0.409 e. The molecule has 0 aliphatic carbocycles. The van der Waals surface area contributed by atoms with Crippen molar-refractivity contribution in [3.8, 4) is 0 Å². The number of rotatable bonds is 3. The van der Waals surface area contributed by atoms with E-state index in [4.69, 9.17) is 10.9 Å². The predicted octanol–water partition coefficient (Wildman–Crippen LogP) is 1.89. The molecule has 2 rings (SSSR count). The lowest BCUT2D eigenvalue weighted by molar-refractivity contribution is 0.318. The van der Waals surface area contributed by atoms with Crippen LogP contribution >= 0.6 is 15.9 Å². The minimum absolute atomic E-state index is 0.0884. The van der Waals surface area contributed by atoms with Crippen LogP contribution in [0.25, 0.3) is 0 Å². The molecule has 0 fully saturated rings. The van der Waals surface area contributed by atoms with Gasteiger partial charge >= 0.3 is 0 Å². The molecule has 0 amide bonds. The average Bonchev–Trinajstić information content (AvgIpc) is 2.39. The normalized spacial score (nSPS) is 11.6. The number of benzene rings is 1. The lowest BCUT2D eigenvalue weighted by Crippen LogP contribution is -2.29. The maximum Gasteiger partial charge on any atom is 0.261 e. The summed E-state index contributed by atoms with van der Waals surface area (Å²) in [5, 5.41) is 11.4. The van der Waals surface area contributed by atoms with Gasteiger partial charge in [-0.1, -0.05) is 21.1 Å². The number of oxime groups is 1. The average molecular weight is 340 g/mol. The zero-order valence-electron chi connectivity index (χ0n) is 10.3. The highest BCUT2D eigenvalue weighted by molar-refractivity contribution is 9.10. The Morgan fingerprint density at radius 3 is 2.85 bits per heavy atom. The molecular weight excluding hydrogens is 329 g/mol. The van der Waals surface area contributed by atoms with Crippen LogP contribution in [0.3, 0.4) is 0 Å². The topological polar surface area (TPSA) is 80.6 Å². The van der Waals surface area contributed by atoms with E-state index < -0.39 is 11.4 Å². The fourth-order valence-electron chi connectivity index (χ4n) is 1.81. The van der Waals surface area contributed by atoms with Gasteiger partial charge in [0.25, 0.3) is 5.56 Å². The van der Waals surface area contributed by atoms with Gasteiger partial charge in [-0.05, 0) is 35.9 Å². The third-order valence-electron chi connectivity index (χ3n) is 2.68. The first-order chi connectivity index (χ1) is 9.51. The molecule has 0 radical (unpaired) electrons. The highest BCUT2D eigenvalue weighted by Gasteiger charge is 2.08. The van der Waals surface area contributed by atoms with Crippen molar-refractivity contribution >= 4 is 21.8 Å². The number of nitrogens with two attached hydrogens (primary N) is 1. The summed E-state index contributed by atoms with van der Waals surface area (Å²) in [6.07, 6.45) is 1.55. The molecule has 0 saturated carbocycles. The number of amidine groups is 1. The van der Waals surface area contributed by atoms with Gasteiger partial charge in [0, 0.05) is 10.7 Å². The lowest BCUT2D eigenvalue weighted by Gasteiger charge is -2.08. The van der Waals surface area contributed by atoms with Gasteiger partial charge in [0.2, 0.25) is 0 Å². The van der Waals surface area contributed by atoms with E-state index in [2.05, 4.69) is 21.1 Å². The van der Waals surface area contributed by atoms with E-state index in [1.165, 1.54) is 22.8 Å². The highest BCUT2D eigenvalue weighted by Crippen LogP contribution is 2.15. The molecule has 2 aromatic rings. The van der Waals surface area contributed by atoms with E-state index >= 15 is 0 Å². The minimum atomic E-state index is -0.414. The molecule has 1 aromatic heterocycles. The Labute approximate surface area is 122 Å². The van der Waals surface area contributed by atoms with Gasteiger partial charge in [-0.3, -0.25) is 4.79 Å². The quantitative estimate of drug-likeness (QED) is 0.388. The van der Waals surface area contributed by atoms with Gasteiger partial charge in [0.15, 0.2) is 5.84 Å². The van der Waals surface area contributed by atoms with E-state index in [-0.39, 0.29) is 17.9 Å². The maximum atomic E-state index is 13.3. The van der Waals surface area contributed by atoms with Crippen molar-refractivity contribution in [2.24, 2.45) is 10.9 Å². The molecule has 1 heterocycles. The van der Waals surface area contributed by atoms with Crippen molar-refractivity contribution in [3.05, 3.63) is 68.3 Å². The van der Waals surface area contributed by atoms with Gasteiger partial charge < -0.3 is 15.5 Å². The molecule has 5 nitrogen and oxygen atoms in total. The fraction of sp³-hybridized carbons (Fsp3) is 0.0769. The molecule has 0 aliphatic heterocycles. The van der Waals surface area contributed by atoms with Crippen LogP contribution in [0.4, 0.5) is 4.39 Å². The lowest BCUT2D eigenvalue weighted by atomic mass is 10.2. The van der Waals surface area contributed by atoms with Crippen molar-refractivity contribution in [1.82, 2.24) is 4.57 Å². The molecule has 20 heavy (non-hydrogen) atoms. The van der Waals surface area contributed by atoms with E-state index in [0.29, 0.717) is 10.0 Å². The Bertz CT molecular complexity index is 708. The first-order valence-electron chi connectivity index (χ1n) is 5.63. The van der Waals surface area contributed by atoms with Gasteiger partial charge in [-0.15, -0.1) is 0 Å². The predicted molar refractivity (Wildman–Crippen MR) is 76.4 cm³/mol. The van der Waals surface area contributed by atoms with E-state index in [1.807, 2.05) is 0 Å². The summed E-state index contributed by atoms with van der Waals surface area (Å²) in [4.78, 5) is 12.1. The zero-order valence-corrected chi connectivity index (χ0v) is 11.8. The third-order valence-corrected chi connectivity index (χ3v) is 3.14. The number of aromatic nitrogens is 1. The summed E-state index contributed by atoms with van der Waals surface area (Å²) >= 11 is 3.19. The molecule has 0 aliphatic rings. The molecule has 3 N–H and O–H groups in total. The monoisotopic (exact) mass is 339 g/mol. The van der Waals surface area contributed by atoms with Crippen LogP contribution in [0.1, 0.15) is 11.1 Å². The molecule has 0 atom stereocenters. The van der Waals surface area contributed by atoms with Crippen molar-refractivity contribution in [2.45, 2.75) is 6.54 Å². The van der Waals surface area contributed by atoms with Gasteiger partial charge in [-0.25, -0.2) is 4.39 Å². The number of hydrogen-bond acceptors (Lipinski definition) is 3. The molecule has 0 spiro atoms. The molecule has 0 unspecified atom stereocenters. The van der Waals surface area contributed by atoms with Crippen LogP contribution in [0, 0.1) is 5.82 Å². The van der Waals surface area contributed by atoms with E-state index in [1.54, 1.807) is 18.3 Å². The summed E-state index contributed by atoms with van der Waals surface area (Å²) in [7, 11) is 0. The summed E-state index contributed by atoms with van der Waals surface area (Å²) in [5.41, 5.74) is 5.72. The smallest absolute Gasteiger partial charge is 0.261 e. The van der Waals surface area contributed by atoms with Crippen LogP contribution in [-0.2, 0) is 6.54 Å². The largest absolute Gasteiger partial charge is 0.409 e. The third kappa shape index (κ3) is 3.05. The van der Waals surface area contributed by atoms with Gasteiger partial charge in [0.1, 0.15) is 5.82 Å². The number of hydrogen-bond donors (Lipinski definition) is 2. The van der Waals surface area contributed by atoms with Crippen LogP contribution in [0.2, 0.25) is 0 Å². The second kappa shape index (κ2) is 5.87. The van der Waals surface area contributed by atoms with Gasteiger partial charge in [0.05, 0.1) is 12.1 Å². The number of nitrogens with zero attached hydrogens (tertiary/aromatic N) is 2. The maximum absolute atomic E-state index is 13.3. The van der Waals surface area contributed by atoms with Crippen LogP contribution in [-0.4, -0.2) is 15.6 Å². The molecule has 7 heteroatoms. The van der Waals surface area contributed by atoms with Crippen molar-refractivity contribution in [3.63, 3.8) is 0 Å².